The maximum atomic E-state index is 12.6. The van der Waals surface area contributed by atoms with E-state index in [0.29, 0.717) is 11.1 Å². The second-order valence-electron chi connectivity index (χ2n) is 2.91. The molecule has 0 heterocycles. The Morgan fingerprint density at radius 3 is 2.31 bits per heavy atom. The van der Waals surface area contributed by atoms with Gasteiger partial charge in [-0.3, -0.25) is 0 Å². The molecule has 0 aliphatic carbocycles. The summed E-state index contributed by atoms with van der Waals surface area (Å²) in [4.78, 5) is 0. The van der Waals surface area contributed by atoms with E-state index in [4.69, 9.17) is 4.74 Å². The Kier molecular flexibility index (Phi) is 4.07. The molecule has 0 N–H and O–H groups in total. The van der Waals surface area contributed by atoms with Crippen LogP contribution in [0.1, 0.15) is 12.5 Å². The first-order valence-electron chi connectivity index (χ1n) is 4.47. The van der Waals surface area contributed by atoms with Crippen molar-refractivity contribution < 1.29 is 22.6 Å². The second kappa shape index (κ2) is 4.95. The van der Waals surface area contributed by atoms with E-state index in [1.807, 2.05) is 0 Å². The SMILES string of the molecule is CCOc1cc(C(F)(F)F)c(OC)cc1Br. The highest BCUT2D eigenvalue weighted by Crippen LogP contribution is 2.41. The molecule has 1 aromatic rings. The second-order valence-corrected chi connectivity index (χ2v) is 3.77. The highest BCUT2D eigenvalue weighted by molar-refractivity contribution is 9.10. The molecule has 0 aliphatic rings. The maximum absolute atomic E-state index is 12.6. The first-order chi connectivity index (χ1) is 7.40. The molecule has 0 spiro atoms. The highest BCUT2D eigenvalue weighted by atomic mass is 79.9. The maximum Gasteiger partial charge on any atom is 0.420 e. The van der Waals surface area contributed by atoms with E-state index in [1.54, 1.807) is 6.92 Å². The average Bonchev–Trinajstić information content (AvgIpc) is 2.19. The summed E-state index contributed by atoms with van der Waals surface area (Å²) in [6, 6.07) is 2.17. The molecule has 0 aliphatic heterocycles. The number of benzene rings is 1. The van der Waals surface area contributed by atoms with E-state index in [0.717, 1.165) is 6.07 Å². The molecule has 0 fully saturated rings. The summed E-state index contributed by atoms with van der Waals surface area (Å²) in [5.41, 5.74) is -0.846. The lowest BCUT2D eigenvalue weighted by Crippen LogP contribution is -2.08. The fourth-order valence-electron chi connectivity index (χ4n) is 1.19. The lowest BCUT2D eigenvalue weighted by atomic mass is 10.2. The Hall–Kier alpha value is -0.910. The van der Waals surface area contributed by atoms with Crippen LogP contribution >= 0.6 is 15.9 Å². The number of rotatable bonds is 3. The Bertz CT molecular complexity index is 377. The Morgan fingerprint density at radius 2 is 1.88 bits per heavy atom. The minimum Gasteiger partial charge on any atom is -0.496 e. The van der Waals surface area contributed by atoms with Crippen LogP contribution in [0.2, 0.25) is 0 Å². The number of hydrogen-bond acceptors (Lipinski definition) is 2. The van der Waals surface area contributed by atoms with Crippen LogP contribution in [0.15, 0.2) is 16.6 Å². The molecule has 16 heavy (non-hydrogen) atoms. The van der Waals surface area contributed by atoms with Crippen molar-refractivity contribution in [1.29, 1.82) is 0 Å². The zero-order valence-electron chi connectivity index (χ0n) is 8.69. The van der Waals surface area contributed by atoms with Crippen molar-refractivity contribution in [2.24, 2.45) is 0 Å². The van der Waals surface area contributed by atoms with Crippen molar-refractivity contribution in [2.45, 2.75) is 13.1 Å². The van der Waals surface area contributed by atoms with Crippen molar-refractivity contribution in [2.75, 3.05) is 13.7 Å². The predicted octanol–water partition coefficient (Wildman–Crippen LogP) is 3.88. The molecule has 0 amide bonds. The third kappa shape index (κ3) is 2.81. The minimum absolute atomic E-state index is 0.149. The van der Waals surface area contributed by atoms with Crippen molar-refractivity contribution in [1.82, 2.24) is 0 Å². The van der Waals surface area contributed by atoms with Crippen LogP contribution in [0.25, 0.3) is 0 Å². The predicted molar refractivity (Wildman–Crippen MR) is 56.9 cm³/mol. The third-order valence-corrected chi connectivity index (χ3v) is 2.48. The number of halogens is 4. The number of alkyl halides is 3. The highest BCUT2D eigenvalue weighted by Gasteiger charge is 2.35. The standard InChI is InChI=1S/C10H10BrF3O2/c1-3-16-9-4-6(10(12,13)14)8(15-2)5-7(9)11/h4-5H,3H2,1-2H3. The molecule has 1 aromatic carbocycles. The zero-order valence-corrected chi connectivity index (χ0v) is 10.3. The van der Waals surface area contributed by atoms with Crippen LogP contribution in [-0.4, -0.2) is 13.7 Å². The first-order valence-corrected chi connectivity index (χ1v) is 5.27. The molecule has 0 saturated heterocycles. The van der Waals surface area contributed by atoms with Crippen molar-refractivity contribution >= 4 is 15.9 Å². The van der Waals surface area contributed by atoms with Crippen LogP contribution in [-0.2, 0) is 6.18 Å². The molecule has 0 aromatic heterocycles. The van der Waals surface area contributed by atoms with E-state index >= 15 is 0 Å². The fourth-order valence-corrected chi connectivity index (χ4v) is 1.63. The van der Waals surface area contributed by atoms with E-state index in [2.05, 4.69) is 20.7 Å². The van der Waals surface area contributed by atoms with Gasteiger partial charge in [0.25, 0.3) is 0 Å². The quantitative estimate of drug-likeness (QED) is 0.843. The van der Waals surface area contributed by atoms with Gasteiger partial charge in [0.05, 0.1) is 18.2 Å². The number of methoxy groups -OCH3 is 1. The van der Waals surface area contributed by atoms with Gasteiger partial charge in [0.2, 0.25) is 0 Å². The largest absolute Gasteiger partial charge is 0.496 e. The van der Waals surface area contributed by atoms with Gasteiger partial charge in [-0.2, -0.15) is 13.2 Å². The molecular formula is C10H10BrF3O2. The molecule has 0 radical (unpaired) electrons. The average molecular weight is 299 g/mol. The van der Waals surface area contributed by atoms with Crippen molar-refractivity contribution in [3.63, 3.8) is 0 Å². The van der Waals surface area contributed by atoms with Crippen LogP contribution in [0.4, 0.5) is 13.2 Å². The molecule has 6 heteroatoms. The Balaban J connectivity index is 3.29. The number of ether oxygens (including phenoxy) is 2. The van der Waals surface area contributed by atoms with E-state index in [1.165, 1.54) is 13.2 Å². The van der Waals surface area contributed by atoms with Gasteiger partial charge in [0, 0.05) is 0 Å². The summed E-state index contributed by atoms with van der Waals surface area (Å²) in [7, 11) is 1.19. The molecule has 0 bridgehead atoms. The van der Waals surface area contributed by atoms with E-state index in [-0.39, 0.29) is 11.5 Å². The number of hydrogen-bond donors (Lipinski definition) is 0. The summed E-state index contributed by atoms with van der Waals surface area (Å²) in [5, 5.41) is 0. The van der Waals surface area contributed by atoms with Crippen LogP contribution in [0.5, 0.6) is 11.5 Å². The summed E-state index contributed by atoms with van der Waals surface area (Å²) in [6.07, 6.45) is -4.46. The van der Waals surface area contributed by atoms with E-state index in [9.17, 15) is 13.2 Å². The van der Waals surface area contributed by atoms with Gasteiger partial charge in [-0.25, -0.2) is 0 Å². The van der Waals surface area contributed by atoms with Gasteiger partial charge >= 0.3 is 6.18 Å². The minimum atomic E-state index is -4.46. The van der Waals surface area contributed by atoms with Crippen molar-refractivity contribution in [3.05, 3.63) is 22.2 Å². The third-order valence-electron chi connectivity index (χ3n) is 1.86. The fraction of sp³-hybridized carbons (Fsp3) is 0.400. The molecule has 0 unspecified atom stereocenters. The van der Waals surface area contributed by atoms with E-state index < -0.39 is 11.7 Å². The molecular weight excluding hydrogens is 289 g/mol. The zero-order chi connectivity index (χ0) is 12.3. The van der Waals surface area contributed by atoms with Gasteiger partial charge in [-0.1, -0.05) is 0 Å². The van der Waals surface area contributed by atoms with Crippen LogP contribution < -0.4 is 9.47 Å². The van der Waals surface area contributed by atoms with Gasteiger partial charge in [-0.15, -0.1) is 0 Å². The lowest BCUT2D eigenvalue weighted by molar-refractivity contribution is -0.138. The summed E-state index contributed by atoms with van der Waals surface area (Å²) < 4.78 is 48.1. The van der Waals surface area contributed by atoms with Crippen LogP contribution in [0, 0.1) is 0 Å². The Labute approximate surface area is 99.5 Å². The Morgan fingerprint density at radius 1 is 1.25 bits per heavy atom. The normalized spacial score (nSPS) is 11.4. The molecule has 0 saturated carbocycles. The van der Waals surface area contributed by atoms with Gasteiger partial charge in [0.1, 0.15) is 17.1 Å². The summed E-state index contributed by atoms with van der Waals surface area (Å²) in [5.74, 6) is -0.0848. The van der Waals surface area contributed by atoms with Gasteiger partial charge < -0.3 is 9.47 Å². The molecule has 0 atom stereocenters. The molecule has 90 valence electrons. The smallest absolute Gasteiger partial charge is 0.420 e. The summed E-state index contributed by atoms with van der Waals surface area (Å²) >= 11 is 3.12. The topological polar surface area (TPSA) is 18.5 Å². The first kappa shape index (κ1) is 13.2. The monoisotopic (exact) mass is 298 g/mol. The van der Waals surface area contributed by atoms with Crippen molar-refractivity contribution in [3.8, 4) is 11.5 Å². The molecule has 1 rings (SSSR count). The van der Waals surface area contributed by atoms with Gasteiger partial charge in [0.15, 0.2) is 0 Å². The molecule has 2 nitrogen and oxygen atoms in total. The van der Waals surface area contributed by atoms with Crippen LogP contribution in [0.3, 0.4) is 0 Å². The van der Waals surface area contributed by atoms with Gasteiger partial charge in [-0.05, 0) is 35.0 Å². The lowest BCUT2D eigenvalue weighted by Gasteiger charge is -2.15. The summed E-state index contributed by atoms with van der Waals surface area (Å²) in [6.45, 7) is 1.99.